The first kappa shape index (κ1) is 21.2. The van der Waals surface area contributed by atoms with Crippen molar-refractivity contribution in [1.82, 2.24) is 0 Å². The zero-order valence-electron chi connectivity index (χ0n) is 12.2. The van der Waals surface area contributed by atoms with E-state index in [-0.39, 0.29) is 18.1 Å². The first-order valence-corrected chi connectivity index (χ1v) is 6.20. The van der Waals surface area contributed by atoms with Crippen molar-refractivity contribution in [2.24, 2.45) is 17.6 Å². The lowest BCUT2D eigenvalue weighted by atomic mass is 9.91. The van der Waals surface area contributed by atoms with Gasteiger partial charge in [-0.15, -0.1) is 6.58 Å². The third kappa shape index (κ3) is 20.9. The zero-order valence-corrected chi connectivity index (χ0v) is 12.2. The van der Waals surface area contributed by atoms with Crippen LogP contribution in [0.4, 0.5) is 0 Å². The summed E-state index contributed by atoms with van der Waals surface area (Å²) in [4.78, 5) is 21.6. The van der Waals surface area contributed by atoms with Gasteiger partial charge in [-0.3, -0.25) is 9.59 Å². The maximum Gasteiger partial charge on any atom is 0.218 e. The van der Waals surface area contributed by atoms with Crippen molar-refractivity contribution in [1.29, 1.82) is 0 Å². The van der Waals surface area contributed by atoms with E-state index in [1.807, 2.05) is 34.6 Å². The van der Waals surface area contributed by atoms with Crippen LogP contribution in [0.25, 0.3) is 0 Å². The summed E-state index contributed by atoms with van der Waals surface area (Å²) in [7, 11) is 0. The Balaban J connectivity index is -0.000000337. The number of hydrogen-bond donors (Lipinski definition) is 1. The van der Waals surface area contributed by atoms with E-state index in [1.165, 1.54) is 6.92 Å². The third-order valence-corrected chi connectivity index (χ3v) is 1.78. The molecule has 1 amide bonds. The Morgan fingerprint density at radius 3 is 1.82 bits per heavy atom. The molecule has 0 aromatic heterocycles. The van der Waals surface area contributed by atoms with Gasteiger partial charge in [0.05, 0.1) is 0 Å². The topological polar surface area (TPSA) is 60.2 Å². The van der Waals surface area contributed by atoms with Crippen LogP contribution >= 0.6 is 0 Å². The number of Topliss-reactive ketones (excluding diaryl/α,β-unsaturated/α-hetero) is 1. The molecule has 0 aromatic rings. The predicted molar refractivity (Wildman–Crippen MR) is 74.7 cm³/mol. The van der Waals surface area contributed by atoms with Crippen LogP contribution in [0.2, 0.25) is 0 Å². The van der Waals surface area contributed by atoms with Crippen LogP contribution in [-0.4, -0.2) is 11.7 Å². The van der Waals surface area contributed by atoms with Gasteiger partial charge in [0.1, 0.15) is 5.78 Å². The number of carbonyl (C=O) groups is 2. The van der Waals surface area contributed by atoms with Crippen molar-refractivity contribution in [3.05, 3.63) is 12.7 Å². The number of carbonyl (C=O) groups excluding carboxylic acids is 2. The van der Waals surface area contributed by atoms with Gasteiger partial charge < -0.3 is 5.73 Å². The third-order valence-electron chi connectivity index (χ3n) is 1.78. The molecule has 1 unspecified atom stereocenters. The number of amides is 1. The van der Waals surface area contributed by atoms with Gasteiger partial charge in [0.25, 0.3) is 0 Å². The molecule has 0 aliphatic rings. The Morgan fingerprint density at radius 1 is 1.29 bits per heavy atom. The summed E-state index contributed by atoms with van der Waals surface area (Å²) in [5.41, 5.74) is 5.02. The van der Waals surface area contributed by atoms with Gasteiger partial charge >= 0.3 is 0 Å². The van der Waals surface area contributed by atoms with Crippen LogP contribution in [0.15, 0.2) is 12.7 Å². The minimum Gasteiger partial charge on any atom is -0.370 e. The van der Waals surface area contributed by atoms with Gasteiger partial charge in [0.2, 0.25) is 5.91 Å². The maximum atomic E-state index is 11.0. The molecule has 2 N–H and O–H groups in total. The quantitative estimate of drug-likeness (QED) is 0.753. The van der Waals surface area contributed by atoms with Crippen LogP contribution in [0.5, 0.6) is 0 Å². The highest BCUT2D eigenvalue weighted by Crippen LogP contribution is 2.15. The number of primary amides is 1. The van der Waals surface area contributed by atoms with Crippen LogP contribution in [0.1, 0.15) is 54.4 Å². The zero-order chi connectivity index (χ0) is 14.4. The number of nitrogens with two attached hydrogens (primary N) is 1. The molecular weight excluding hydrogens is 214 g/mol. The summed E-state index contributed by atoms with van der Waals surface area (Å²) in [5, 5.41) is 0. The Bertz CT molecular complexity index is 210. The summed E-state index contributed by atoms with van der Waals surface area (Å²) >= 11 is 0. The van der Waals surface area contributed by atoms with E-state index in [4.69, 9.17) is 5.73 Å². The maximum absolute atomic E-state index is 11.0. The molecule has 0 saturated carbocycles. The van der Waals surface area contributed by atoms with Gasteiger partial charge in [0, 0.05) is 12.3 Å². The predicted octanol–water partition coefficient (Wildman–Crippen LogP) is 3.33. The fraction of sp³-hybridized carbons (Fsp3) is 0.714. The van der Waals surface area contributed by atoms with Crippen molar-refractivity contribution in [3.8, 4) is 0 Å². The van der Waals surface area contributed by atoms with Crippen LogP contribution in [-0.2, 0) is 9.59 Å². The Kier molecular flexibility index (Phi) is 18.6. The highest BCUT2D eigenvalue weighted by atomic mass is 16.1. The van der Waals surface area contributed by atoms with Crippen molar-refractivity contribution < 1.29 is 9.59 Å². The second-order valence-electron chi connectivity index (χ2n) is 4.02. The average molecular weight is 243 g/mol. The summed E-state index contributed by atoms with van der Waals surface area (Å²) < 4.78 is 0. The molecule has 3 heteroatoms. The summed E-state index contributed by atoms with van der Waals surface area (Å²) in [6, 6.07) is 0. The first-order valence-electron chi connectivity index (χ1n) is 6.20. The fourth-order valence-electron chi connectivity index (χ4n) is 1.20. The van der Waals surface area contributed by atoms with Gasteiger partial charge in [-0.05, 0) is 26.2 Å². The normalized spacial score (nSPS) is 10.3. The second-order valence-corrected chi connectivity index (χ2v) is 4.02. The average Bonchev–Trinajstić information content (AvgIpc) is 2.19. The smallest absolute Gasteiger partial charge is 0.218 e. The van der Waals surface area contributed by atoms with E-state index in [1.54, 1.807) is 6.08 Å². The van der Waals surface area contributed by atoms with E-state index in [0.29, 0.717) is 5.92 Å². The molecule has 1 atom stereocenters. The van der Waals surface area contributed by atoms with Gasteiger partial charge in [-0.25, -0.2) is 0 Å². The van der Waals surface area contributed by atoms with Crippen molar-refractivity contribution >= 4 is 11.7 Å². The van der Waals surface area contributed by atoms with Crippen molar-refractivity contribution in [2.45, 2.75) is 54.4 Å². The lowest BCUT2D eigenvalue weighted by molar-refractivity contribution is -0.126. The molecule has 0 aliphatic heterocycles. The molecule has 0 aliphatic carbocycles. The molecule has 0 saturated heterocycles. The van der Waals surface area contributed by atoms with Crippen molar-refractivity contribution in [2.75, 3.05) is 0 Å². The van der Waals surface area contributed by atoms with Crippen molar-refractivity contribution in [3.63, 3.8) is 0 Å². The first-order chi connectivity index (χ1) is 7.84. The van der Waals surface area contributed by atoms with Crippen LogP contribution in [0, 0.1) is 11.8 Å². The molecule has 0 heterocycles. The lowest BCUT2D eigenvalue weighted by Crippen LogP contribution is -2.22. The Labute approximate surface area is 106 Å². The number of rotatable bonds is 5. The molecule has 0 spiro atoms. The molecule has 102 valence electrons. The summed E-state index contributed by atoms with van der Waals surface area (Å²) in [5.74, 6) is -0.0842. The van der Waals surface area contributed by atoms with Gasteiger partial charge in [-0.2, -0.15) is 0 Å². The largest absolute Gasteiger partial charge is 0.370 e. The molecule has 0 fully saturated rings. The molecular formula is C14H29NO2. The van der Waals surface area contributed by atoms with Gasteiger partial charge in [-0.1, -0.05) is 33.8 Å². The van der Waals surface area contributed by atoms with E-state index in [2.05, 4.69) is 6.58 Å². The molecule has 0 bridgehead atoms. The molecule has 0 rings (SSSR count). The lowest BCUT2D eigenvalue weighted by Gasteiger charge is -2.13. The number of allylic oxidation sites excluding steroid dienone is 1. The van der Waals surface area contributed by atoms with E-state index in [0.717, 1.165) is 6.42 Å². The molecule has 17 heavy (non-hydrogen) atoms. The minimum atomic E-state index is -0.393. The van der Waals surface area contributed by atoms with E-state index in [9.17, 15) is 9.59 Å². The number of ketones is 1. The van der Waals surface area contributed by atoms with Crippen LogP contribution < -0.4 is 5.73 Å². The van der Waals surface area contributed by atoms with Crippen LogP contribution in [0.3, 0.4) is 0 Å². The Hall–Kier alpha value is -1.12. The Morgan fingerprint density at radius 2 is 1.65 bits per heavy atom. The highest BCUT2D eigenvalue weighted by molar-refractivity contribution is 5.84. The SMILES string of the molecule is C=CC.CC.CC(=O)C(CC(N)=O)CC(C)C. The molecule has 3 nitrogen and oxygen atoms in total. The minimum absolute atomic E-state index is 0.0579. The van der Waals surface area contributed by atoms with E-state index < -0.39 is 5.91 Å². The second kappa shape index (κ2) is 14.9. The highest BCUT2D eigenvalue weighted by Gasteiger charge is 2.17. The summed E-state index contributed by atoms with van der Waals surface area (Å²) in [6.45, 7) is 14.8. The fourth-order valence-corrected chi connectivity index (χ4v) is 1.20. The standard InChI is InChI=1S/C9H17NO2.C3H6.C2H6/c1-6(2)4-8(7(3)11)5-9(10)12;1-3-2;1-2/h6,8H,4-5H2,1-3H3,(H2,10,12);3H,1H2,2H3;1-2H3. The van der Waals surface area contributed by atoms with E-state index >= 15 is 0 Å². The number of hydrogen-bond acceptors (Lipinski definition) is 2. The molecule has 0 aromatic carbocycles. The van der Waals surface area contributed by atoms with Gasteiger partial charge in [0.15, 0.2) is 0 Å². The molecule has 0 radical (unpaired) electrons. The monoisotopic (exact) mass is 243 g/mol. The summed E-state index contributed by atoms with van der Waals surface area (Å²) in [6.07, 6.45) is 2.69.